The second-order valence-electron chi connectivity index (χ2n) is 2.82. The average Bonchev–Trinajstić information content (AvgIpc) is 1.97. The number of hydrogen-bond donors (Lipinski definition) is 2. The van der Waals surface area contributed by atoms with Gasteiger partial charge in [-0.1, -0.05) is 0 Å². The molecule has 4 atom stereocenters. The molecule has 66 valence electrons. The number of aliphatic hydroxyl groups is 2. The largest absolute Gasteiger partial charge is 0.390 e. The van der Waals surface area contributed by atoms with Gasteiger partial charge in [-0.05, 0) is 6.92 Å². The van der Waals surface area contributed by atoms with Gasteiger partial charge in [0.15, 0.2) is 6.29 Å². The molecule has 0 bridgehead atoms. The minimum Gasteiger partial charge on any atom is -0.390 e. The molecule has 3 unspecified atom stereocenters. The monoisotopic (exact) mass is 162 g/mol. The van der Waals surface area contributed by atoms with E-state index in [9.17, 15) is 10.2 Å². The smallest absolute Gasteiger partial charge is 0.183 e. The Kier molecular flexibility index (Phi) is 2.84. The van der Waals surface area contributed by atoms with Crippen LogP contribution >= 0.6 is 0 Å². The molecule has 0 radical (unpaired) electrons. The van der Waals surface area contributed by atoms with Gasteiger partial charge in [-0.2, -0.15) is 0 Å². The van der Waals surface area contributed by atoms with Crippen LogP contribution < -0.4 is 0 Å². The minimum absolute atomic E-state index is 0.261. The predicted molar refractivity (Wildman–Crippen MR) is 38.0 cm³/mol. The Morgan fingerprint density at radius 1 is 1.36 bits per heavy atom. The summed E-state index contributed by atoms with van der Waals surface area (Å²) in [6.07, 6.45) is -1.83. The maximum Gasteiger partial charge on any atom is 0.183 e. The van der Waals surface area contributed by atoms with E-state index in [1.807, 2.05) is 0 Å². The summed E-state index contributed by atoms with van der Waals surface area (Å²) < 4.78 is 9.98. The number of aliphatic hydroxyl groups excluding tert-OH is 2. The molecule has 0 aliphatic carbocycles. The van der Waals surface area contributed by atoms with Crippen molar-refractivity contribution in [2.24, 2.45) is 0 Å². The van der Waals surface area contributed by atoms with Crippen LogP contribution in [-0.2, 0) is 9.47 Å². The number of methoxy groups -OCH3 is 1. The van der Waals surface area contributed by atoms with E-state index in [2.05, 4.69) is 0 Å². The lowest BCUT2D eigenvalue weighted by atomic mass is 10.0. The van der Waals surface area contributed by atoms with Crippen LogP contribution in [0.25, 0.3) is 0 Å². The first-order valence-corrected chi connectivity index (χ1v) is 3.69. The molecule has 4 heteroatoms. The molecule has 0 amide bonds. The Morgan fingerprint density at radius 2 is 2.00 bits per heavy atom. The maximum absolute atomic E-state index is 9.25. The van der Waals surface area contributed by atoms with Gasteiger partial charge in [0.05, 0.1) is 12.2 Å². The highest BCUT2D eigenvalue weighted by Crippen LogP contribution is 2.19. The minimum atomic E-state index is -0.716. The van der Waals surface area contributed by atoms with E-state index in [0.29, 0.717) is 6.42 Å². The summed E-state index contributed by atoms with van der Waals surface area (Å²) in [6.45, 7) is 1.75. The van der Waals surface area contributed by atoms with E-state index in [-0.39, 0.29) is 6.10 Å². The van der Waals surface area contributed by atoms with E-state index in [4.69, 9.17) is 9.47 Å². The summed E-state index contributed by atoms with van der Waals surface area (Å²) in [5.41, 5.74) is 0. The quantitative estimate of drug-likeness (QED) is 0.545. The second-order valence-corrected chi connectivity index (χ2v) is 2.82. The van der Waals surface area contributed by atoms with Gasteiger partial charge >= 0.3 is 0 Å². The molecule has 1 heterocycles. The molecule has 1 rings (SSSR count). The van der Waals surface area contributed by atoms with Crippen molar-refractivity contribution < 1.29 is 19.7 Å². The standard InChI is InChI=1S/C7H14O4/c1-4-5(8)3-6(9)7(10-2)11-4/h4-9H,3H2,1-2H3/t4-,5?,6?,7?/m1/s1. The molecule has 1 fully saturated rings. The molecule has 4 nitrogen and oxygen atoms in total. The highest BCUT2D eigenvalue weighted by atomic mass is 16.7. The van der Waals surface area contributed by atoms with Gasteiger partial charge in [-0.3, -0.25) is 0 Å². The summed E-state index contributed by atoms with van der Waals surface area (Å²) in [5.74, 6) is 0. The van der Waals surface area contributed by atoms with Gasteiger partial charge in [-0.15, -0.1) is 0 Å². The first-order valence-electron chi connectivity index (χ1n) is 3.69. The fraction of sp³-hybridized carbons (Fsp3) is 1.00. The highest BCUT2D eigenvalue weighted by Gasteiger charge is 2.33. The Hall–Kier alpha value is -0.160. The summed E-state index contributed by atoms with van der Waals surface area (Å²) in [4.78, 5) is 0. The van der Waals surface area contributed by atoms with Crippen molar-refractivity contribution >= 4 is 0 Å². The fourth-order valence-corrected chi connectivity index (χ4v) is 1.16. The lowest BCUT2D eigenvalue weighted by Crippen LogP contribution is -2.46. The molecule has 0 aromatic rings. The summed E-state index contributed by atoms with van der Waals surface area (Å²) >= 11 is 0. The van der Waals surface area contributed by atoms with Gasteiger partial charge in [0.25, 0.3) is 0 Å². The number of rotatable bonds is 1. The molecule has 0 spiro atoms. The summed E-state index contributed by atoms with van der Waals surface area (Å²) in [6, 6.07) is 0. The van der Waals surface area contributed by atoms with Crippen molar-refractivity contribution in [3.8, 4) is 0 Å². The second kappa shape index (κ2) is 3.49. The van der Waals surface area contributed by atoms with Crippen LogP contribution in [0.4, 0.5) is 0 Å². The van der Waals surface area contributed by atoms with Gasteiger partial charge in [0.1, 0.15) is 6.10 Å². The molecular formula is C7H14O4. The van der Waals surface area contributed by atoms with Crippen molar-refractivity contribution in [2.45, 2.75) is 37.9 Å². The third-order valence-corrected chi connectivity index (χ3v) is 1.92. The van der Waals surface area contributed by atoms with E-state index in [1.54, 1.807) is 6.92 Å². The molecule has 0 aromatic carbocycles. The third kappa shape index (κ3) is 1.90. The zero-order chi connectivity index (χ0) is 8.43. The van der Waals surface area contributed by atoms with E-state index >= 15 is 0 Å². The molecule has 11 heavy (non-hydrogen) atoms. The van der Waals surface area contributed by atoms with Crippen LogP contribution in [0.1, 0.15) is 13.3 Å². The van der Waals surface area contributed by atoms with Crippen molar-refractivity contribution in [1.29, 1.82) is 0 Å². The van der Waals surface area contributed by atoms with Gasteiger partial charge in [0.2, 0.25) is 0 Å². The van der Waals surface area contributed by atoms with E-state index in [1.165, 1.54) is 7.11 Å². The normalized spacial score (nSPS) is 45.8. The van der Waals surface area contributed by atoms with Crippen molar-refractivity contribution in [1.82, 2.24) is 0 Å². The Bertz CT molecular complexity index is 128. The SMILES string of the molecule is COC1O[C@H](C)C(O)CC1O. The Balaban J connectivity index is 2.48. The zero-order valence-electron chi connectivity index (χ0n) is 6.73. The van der Waals surface area contributed by atoms with Crippen LogP contribution in [0.3, 0.4) is 0 Å². The number of ether oxygens (including phenoxy) is 2. The zero-order valence-corrected chi connectivity index (χ0v) is 6.73. The van der Waals surface area contributed by atoms with Crippen LogP contribution in [0.5, 0.6) is 0 Å². The average molecular weight is 162 g/mol. The fourth-order valence-electron chi connectivity index (χ4n) is 1.16. The van der Waals surface area contributed by atoms with E-state index < -0.39 is 18.5 Å². The molecule has 2 N–H and O–H groups in total. The first kappa shape index (κ1) is 8.93. The molecule has 0 aromatic heterocycles. The molecule has 1 aliphatic heterocycles. The highest BCUT2D eigenvalue weighted by molar-refractivity contribution is 4.77. The summed E-state index contributed by atoms with van der Waals surface area (Å²) in [5, 5.41) is 18.5. The summed E-state index contributed by atoms with van der Waals surface area (Å²) in [7, 11) is 1.47. The third-order valence-electron chi connectivity index (χ3n) is 1.92. The molecule has 1 aliphatic rings. The Labute approximate surface area is 65.7 Å². The van der Waals surface area contributed by atoms with Crippen LogP contribution in [0.15, 0.2) is 0 Å². The Morgan fingerprint density at radius 3 is 2.55 bits per heavy atom. The predicted octanol–water partition coefficient (Wildman–Crippen LogP) is -0.510. The van der Waals surface area contributed by atoms with Crippen LogP contribution in [0, 0.1) is 0 Å². The molecular weight excluding hydrogens is 148 g/mol. The molecule has 0 saturated carbocycles. The lowest BCUT2D eigenvalue weighted by molar-refractivity contribution is -0.251. The van der Waals surface area contributed by atoms with E-state index in [0.717, 1.165) is 0 Å². The lowest BCUT2D eigenvalue weighted by Gasteiger charge is -2.34. The molecule has 1 saturated heterocycles. The van der Waals surface area contributed by atoms with Crippen LogP contribution in [0.2, 0.25) is 0 Å². The van der Waals surface area contributed by atoms with Crippen molar-refractivity contribution in [2.75, 3.05) is 7.11 Å². The number of hydrogen-bond acceptors (Lipinski definition) is 4. The van der Waals surface area contributed by atoms with Gasteiger partial charge in [0, 0.05) is 13.5 Å². The maximum atomic E-state index is 9.25. The topological polar surface area (TPSA) is 58.9 Å². The first-order chi connectivity index (χ1) is 5.15. The van der Waals surface area contributed by atoms with Crippen molar-refractivity contribution in [3.63, 3.8) is 0 Å². The van der Waals surface area contributed by atoms with Gasteiger partial charge < -0.3 is 19.7 Å². The van der Waals surface area contributed by atoms with Crippen molar-refractivity contribution in [3.05, 3.63) is 0 Å². The van der Waals surface area contributed by atoms with Crippen LogP contribution in [-0.4, -0.2) is 41.9 Å². The van der Waals surface area contributed by atoms with Gasteiger partial charge in [-0.25, -0.2) is 0 Å².